The van der Waals surface area contributed by atoms with Crippen molar-refractivity contribution in [2.45, 2.75) is 46.5 Å². The van der Waals surface area contributed by atoms with E-state index in [1.807, 2.05) is 44.2 Å². The maximum Gasteiger partial charge on any atom is 0.264 e. The van der Waals surface area contributed by atoms with Crippen LogP contribution < -0.4 is 9.64 Å². The van der Waals surface area contributed by atoms with Gasteiger partial charge in [0.2, 0.25) is 5.88 Å². The molecule has 4 rings (SSSR count). The fourth-order valence-corrected chi connectivity index (χ4v) is 3.59. The molecule has 156 valence electrons. The molecule has 0 spiro atoms. The highest BCUT2D eigenvalue weighted by Gasteiger charge is 2.26. The summed E-state index contributed by atoms with van der Waals surface area (Å²) in [4.78, 5) is 23.7. The summed E-state index contributed by atoms with van der Waals surface area (Å²) in [7, 11) is 0. The predicted octanol–water partition coefficient (Wildman–Crippen LogP) is 3.54. The number of hydrogen-bond acceptors (Lipinski definition) is 5. The van der Waals surface area contributed by atoms with Gasteiger partial charge in [0.25, 0.3) is 11.9 Å². The van der Waals surface area contributed by atoms with Gasteiger partial charge in [-0.05, 0) is 38.0 Å². The first-order valence-electron chi connectivity index (χ1n) is 10.2. The number of hydrogen-bond donors (Lipinski definition) is 0. The lowest BCUT2D eigenvalue weighted by atomic mass is 9.93. The molecule has 0 N–H and O–H groups in total. The molecule has 1 aliphatic heterocycles. The van der Waals surface area contributed by atoms with E-state index >= 15 is 0 Å². The highest BCUT2D eigenvalue weighted by molar-refractivity contribution is 5.96. The minimum Gasteiger partial charge on any atom is -0.467 e. The van der Waals surface area contributed by atoms with Gasteiger partial charge in [-0.1, -0.05) is 39.0 Å². The number of ether oxygens (including phenoxy) is 1. The Morgan fingerprint density at radius 2 is 1.80 bits per heavy atom. The molecule has 30 heavy (non-hydrogen) atoms. The molecule has 0 atom stereocenters. The number of amides is 1. The van der Waals surface area contributed by atoms with Crippen LogP contribution >= 0.6 is 0 Å². The summed E-state index contributed by atoms with van der Waals surface area (Å²) >= 11 is 0. The van der Waals surface area contributed by atoms with E-state index in [0.717, 1.165) is 29.2 Å². The predicted molar refractivity (Wildman–Crippen MR) is 115 cm³/mol. The zero-order valence-electron chi connectivity index (χ0n) is 18.1. The summed E-state index contributed by atoms with van der Waals surface area (Å²) in [6.45, 7) is 10.7. The molecule has 0 bridgehead atoms. The second-order valence-corrected chi connectivity index (χ2v) is 8.69. The van der Waals surface area contributed by atoms with E-state index in [-0.39, 0.29) is 17.9 Å². The number of carbonyl (C=O) groups is 1. The van der Waals surface area contributed by atoms with Crippen molar-refractivity contribution in [3.63, 3.8) is 0 Å². The highest BCUT2D eigenvalue weighted by atomic mass is 16.5. The van der Waals surface area contributed by atoms with Crippen molar-refractivity contribution in [3.8, 4) is 11.8 Å². The summed E-state index contributed by atoms with van der Waals surface area (Å²) in [5.74, 6) is 0.828. The average molecular weight is 406 g/mol. The Balaban J connectivity index is 1.61. The van der Waals surface area contributed by atoms with Gasteiger partial charge in [-0.2, -0.15) is 9.78 Å². The minimum absolute atomic E-state index is 0.0750. The van der Waals surface area contributed by atoms with Crippen LogP contribution in [0.1, 0.15) is 43.4 Å². The minimum atomic E-state index is -0.180. The first-order valence-corrected chi connectivity index (χ1v) is 10.2. The molecule has 7 heteroatoms. The molecule has 0 aliphatic carbocycles. The monoisotopic (exact) mass is 405 g/mol. The third-order valence-corrected chi connectivity index (χ3v) is 5.14. The Kier molecular flexibility index (Phi) is 5.05. The van der Waals surface area contributed by atoms with E-state index in [4.69, 9.17) is 4.74 Å². The lowest BCUT2D eigenvalue weighted by molar-refractivity contribution is -0.120. The van der Waals surface area contributed by atoms with Gasteiger partial charge < -0.3 is 9.64 Å². The molecular weight excluding hydrogens is 378 g/mol. The molecule has 0 saturated heterocycles. The molecule has 1 aliphatic rings. The molecule has 0 fully saturated rings. The maximum absolute atomic E-state index is 12.9. The molecular formula is C23H27N5O2. The lowest BCUT2D eigenvalue weighted by Gasteiger charge is -2.17. The number of carbonyl (C=O) groups excluding carboxylic acids is 1. The topological polar surface area (TPSA) is 73.1 Å². The van der Waals surface area contributed by atoms with E-state index in [9.17, 15) is 4.79 Å². The number of aromatic nitrogens is 4. The maximum atomic E-state index is 12.9. The van der Waals surface area contributed by atoms with E-state index in [1.165, 1.54) is 5.56 Å². The largest absolute Gasteiger partial charge is 0.467 e. The zero-order chi connectivity index (χ0) is 21.5. The molecule has 0 radical (unpaired) electrons. The Labute approximate surface area is 176 Å². The molecule has 0 unspecified atom stereocenters. The second kappa shape index (κ2) is 7.55. The zero-order valence-corrected chi connectivity index (χ0v) is 18.1. The molecule has 1 amide bonds. The van der Waals surface area contributed by atoms with Crippen molar-refractivity contribution in [2.75, 3.05) is 18.1 Å². The third-order valence-electron chi connectivity index (χ3n) is 5.14. The van der Waals surface area contributed by atoms with Crippen LogP contribution in [-0.2, 0) is 16.6 Å². The van der Waals surface area contributed by atoms with Gasteiger partial charge in [0.05, 0.1) is 5.69 Å². The number of anilines is 1. The van der Waals surface area contributed by atoms with E-state index in [0.29, 0.717) is 18.4 Å². The van der Waals surface area contributed by atoms with Crippen molar-refractivity contribution in [3.05, 3.63) is 59.0 Å². The Morgan fingerprint density at radius 1 is 1.10 bits per heavy atom. The van der Waals surface area contributed by atoms with Gasteiger partial charge in [-0.15, -0.1) is 0 Å². The Bertz CT molecular complexity index is 1080. The van der Waals surface area contributed by atoms with Crippen molar-refractivity contribution in [2.24, 2.45) is 0 Å². The smallest absolute Gasteiger partial charge is 0.264 e. The molecule has 2 aromatic heterocycles. The van der Waals surface area contributed by atoms with Gasteiger partial charge in [-0.3, -0.25) is 4.79 Å². The van der Waals surface area contributed by atoms with Gasteiger partial charge in [0, 0.05) is 35.1 Å². The first kappa shape index (κ1) is 20.1. The van der Waals surface area contributed by atoms with Crippen molar-refractivity contribution >= 4 is 11.6 Å². The van der Waals surface area contributed by atoms with E-state index in [2.05, 4.69) is 41.9 Å². The molecule has 3 aromatic rings. The molecule has 3 heterocycles. The summed E-state index contributed by atoms with van der Waals surface area (Å²) < 4.78 is 7.55. The number of fused-ring (bicyclic) bond motifs is 1. The number of nitrogens with zero attached hydrogens (tertiary/aromatic N) is 5. The van der Waals surface area contributed by atoms with Gasteiger partial charge in [0.1, 0.15) is 0 Å². The summed E-state index contributed by atoms with van der Waals surface area (Å²) in [6, 6.07) is 11.8. The van der Waals surface area contributed by atoms with Crippen LogP contribution in [0, 0.1) is 13.8 Å². The van der Waals surface area contributed by atoms with Crippen LogP contribution in [0.4, 0.5) is 5.69 Å². The van der Waals surface area contributed by atoms with Crippen molar-refractivity contribution < 1.29 is 9.53 Å². The number of benzene rings is 1. The SMILES string of the molecule is Cc1cc(C)nc(-n2nc(C(C)(C)C)cc2OCC(=O)N2CCc3ccccc32)n1. The molecule has 1 aromatic carbocycles. The summed E-state index contributed by atoms with van der Waals surface area (Å²) in [5, 5.41) is 4.69. The highest BCUT2D eigenvalue weighted by Crippen LogP contribution is 2.29. The number of para-hydroxylation sites is 1. The van der Waals surface area contributed by atoms with E-state index in [1.54, 1.807) is 9.58 Å². The van der Waals surface area contributed by atoms with Crippen LogP contribution in [0.15, 0.2) is 36.4 Å². The quantitative estimate of drug-likeness (QED) is 0.664. The van der Waals surface area contributed by atoms with Crippen LogP contribution in [0.2, 0.25) is 0 Å². The first-order chi connectivity index (χ1) is 14.2. The second-order valence-electron chi connectivity index (χ2n) is 8.69. The Morgan fingerprint density at radius 3 is 2.50 bits per heavy atom. The summed E-state index contributed by atoms with van der Waals surface area (Å²) in [6.07, 6.45) is 0.866. The van der Waals surface area contributed by atoms with Crippen molar-refractivity contribution in [1.82, 2.24) is 19.7 Å². The van der Waals surface area contributed by atoms with Crippen molar-refractivity contribution in [1.29, 1.82) is 0 Å². The average Bonchev–Trinajstić information content (AvgIpc) is 3.29. The van der Waals surface area contributed by atoms with Crippen LogP contribution in [-0.4, -0.2) is 38.8 Å². The fourth-order valence-electron chi connectivity index (χ4n) is 3.59. The lowest BCUT2D eigenvalue weighted by Crippen LogP contribution is -2.33. The molecule has 7 nitrogen and oxygen atoms in total. The number of rotatable bonds is 4. The van der Waals surface area contributed by atoms with Gasteiger partial charge in [0.15, 0.2) is 6.61 Å². The standard InChI is InChI=1S/C23H27N5O2/c1-15-12-16(2)25-22(24-15)28-21(13-19(26-28)23(3,4)5)30-14-20(29)27-11-10-17-8-6-7-9-18(17)27/h6-9,12-13H,10-11,14H2,1-5H3. The van der Waals surface area contributed by atoms with E-state index < -0.39 is 0 Å². The van der Waals surface area contributed by atoms with Crippen LogP contribution in [0.3, 0.4) is 0 Å². The summed E-state index contributed by atoms with van der Waals surface area (Å²) in [5.41, 5.74) is 4.52. The fraction of sp³-hybridized carbons (Fsp3) is 0.391. The van der Waals surface area contributed by atoms with Crippen LogP contribution in [0.5, 0.6) is 5.88 Å². The third kappa shape index (κ3) is 3.92. The Hall–Kier alpha value is -3.22. The number of aryl methyl sites for hydroxylation is 2. The van der Waals surface area contributed by atoms with Gasteiger partial charge in [-0.25, -0.2) is 9.97 Å². The van der Waals surface area contributed by atoms with Gasteiger partial charge >= 0.3 is 0 Å². The molecule has 0 saturated carbocycles. The normalized spacial score (nSPS) is 13.4. The van der Waals surface area contributed by atoms with Crippen LogP contribution in [0.25, 0.3) is 5.95 Å².